The van der Waals surface area contributed by atoms with Crippen molar-refractivity contribution in [3.05, 3.63) is 29.3 Å². The number of rotatable bonds is 4. The molecule has 1 aromatic rings. The quantitative estimate of drug-likeness (QED) is 0.628. The number of ether oxygens (including phenoxy) is 2. The van der Waals surface area contributed by atoms with Crippen molar-refractivity contribution in [2.75, 3.05) is 19.8 Å². The third-order valence-corrected chi connectivity index (χ3v) is 4.54. The minimum atomic E-state index is -3.86. The summed E-state index contributed by atoms with van der Waals surface area (Å²) in [7, 11) is 1.41. The zero-order valence-electron chi connectivity index (χ0n) is 11.0. The van der Waals surface area contributed by atoms with Crippen LogP contribution in [0.15, 0.2) is 23.1 Å². The second-order valence-corrected chi connectivity index (χ2v) is 7.31. The molecule has 0 saturated carbocycles. The normalized spacial score (nSPS) is 19.0. The van der Waals surface area contributed by atoms with Crippen molar-refractivity contribution < 1.29 is 22.7 Å². The monoisotopic (exact) mass is 318 g/mol. The molecular formula is C13H15ClO5S. The zero-order valence-corrected chi connectivity index (χ0v) is 12.5. The van der Waals surface area contributed by atoms with E-state index in [0.717, 1.165) is 6.42 Å². The Morgan fingerprint density at radius 1 is 1.50 bits per heavy atom. The second-order valence-electron chi connectivity index (χ2n) is 4.74. The van der Waals surface area contributed by atoms with Crippen molar-refractivity contribution in [3.63, 3.8) is 0 Å². The molecule has 110 valence electrons. The van der Waals surface area contributed by atoms with E-state index in [1.165, 1.54) is 18.2 Å². The van der Waals surface area contributed by atoms with Crippen LogP contribution in [0, 0.1) is 12.8 Å². The smallest absolute Gasteiger partial charge is 0.338 e. The van der Waals surface area contributed by atoms with Crippen molar-refractivity contribution in [2.24, 2.45) is 5.92 Å². The van der Waals surface area contributed by atoms with Crippen LogP contribution in [0.3, 0.4) is 0 Å². The summed E-state index contributed by atoms with van der Waals surface area (Å²) in [6, 6.07) is 4.13. The van der Waals surface area contributed by atoms with Crippen molar-refractivity contribution in [1.29, 1.82) is 0 Å². The first-order chi connectivity index (χ1) is 9.38. The molecule has 1 saturated heterocycles. The molecule has 1 heterocycles. The van der Waals surface area contributed by atoms with Crippen LogP contribution in [0.5, 0.6) is 0 Å². The molecule has 0 N–H and O–H groups in total. The minimum Gasteiger partial charge on any atom is -0.462 e. The highest BCUT2D eigenvalue weighted by molar-refractivity contribution is 8.13. The summed E-state index contributed by atoms with van der Waals surface area (Å²) in [6.45, 7) is 3.25. The van der Waals surface area contributed by atoms with Crippen LogP contribution in [0.25, 0.3) is 0 Å². The van der Waals surface area contributed by atoms with Gasteiger partial charge < -0.3 is 9.47 Å². The highest BCUT2D eigenvalue weighted by atomic mass is 35.7. The summed E-state index contributed by atoms with van der Waals surface area (Å²) in [6.07, 6.45) is 0.863. The van der Waals surface area contributed by atoms with Gasteiger partial charge in [-0.25, -0.2) is 13.2 Å². The molecule has 0 aromatic heterocycles. The number of hydrogen-bond donors (Lipinski definition) is 0. The summed E-state index contributed by atoms with van der Waals surface area (Å²) in [5, 5.41) is 0. The predicted octanol–water partition coefficient (Wildman–Crippen LogP) is 2.12. The van der Waals surface area contributed by atoms with E-state index in [9.17, 15) is 13.2 Å². The van der Waals surface area contributed by atoms with E-state index in [1.807, 2.05) is 0 Å². The lowest BCUT2D eigenvalue weighted by atomic mass is 10.1. The van der Waals surface area contributed by atoms with Gasteiger partial charge in [-0.3, -0.25) is 0 Å². The largest absolute Gasteiger partial charge is 0.462 e. The van der Waals surface area contributed by atoms with Gasteiger partial charge in [-0.15, -0.1) is 0 Å². The fourth-order valence-corrected chi connectivity index (χ4v) is 2.74. The number of carbonyl (C=O) groups excluding carboxylic acids is 1. The molecule has 1 atom stereocenters. The molecule has 1 fully saturated rings. The van der Waals surface area contributed by atoms with E-state index in [1.54, 1.807) is 6.92 Å². The Labute approximate surface area is 122 Å². The number of benzene rings is 1. The fraction of sp³-hybridized carbons (Fsp3) is 0.462. The van der Waals surface area contributed by atoms with Gasteiger partial charge in [0.1, 0.15) is 0 Å². The van der Waals surface area contributed by atoms with Crippen molar-refractivity contribution in [1.82, 2.24) is 0 Å². The molecular weight excluding hydrogens is 304 g/mol. The van der Waals surface area contributed by atoms with Crippen LogP contribution in [0.4, 0.5) is 0 Å². The molecule has 0 spiro atoms. The van der Waals surface area contributed by atoms with Crippen LogP contribution in [0.2, 0.25) is 0 Å². The number of esters is 1. The average molecular weight is 319 g/mol. The molecule has 0 amide bonds. The molecule has 1 aliphatic rings. The zero-order chi connectivity index (χ0) is 14.8. The molecule has 1 aliphatic heterocycles. The minimum absolute atomic E-state index is 0.110. The van der Waals surface area contributed by atoms with Gasteiger partial charge in [0.25, 0.3) is 9.05 Å². The molecule has 1 unspecified atom stereocenters. The molecule has 2 rings (SSSR count). The Morgan fingerprint density at radius 3 is 2.85 bits per heavy atom. The van der Waals surface area contributed by atoms with E-state index in [2.05, 4.69) is 0 Å². The van der Waals surface area contributed by atoms with Crippen LogP contribution in [-0.2, 0) is 18.5 Å². The molecule has 20 heavy (non-hydrogen) atoms. The lowest BCUT2D eigenvalue weighted by molar-refractivity contribution is 0.0427. The van der Waals surface area contributed by atoms with Gasteiger partial charge in [-0.1, -0.05) is 6.07 Å². The Kier molecular flexibility index (Phi) is 4.67. The molecule has 0 aliphatic carbocycles. The van der Waals surface area contributed by atoms with Gasteiger partial charge in [-0.2, -0.15) is 0 Å². The van der Waals surface area contributed by atoms with E-state index in [0.29, 0.717) is 18.8 Å². The number of carbonyl (C=O) groups is 1. The predicted molar refractivity (Wildman–Crippen MR) is 73.4 cm³/mol. The SMILES string of the molecule is Cc1ccc(S(=O)(=O)Cl)cc1C(=O)OCC1CCOC1. The molecule has 1 aromatic carbocycles. The van der Waals surface area contributed by atoms with Gasteiger partial charge in [0.2, 0.25) is 0 Å². The van der Waals surface area contributed by atoms with Crippen LogP contribution in [0.1, 0.15) is 22.3 Å². The highest BCUT2D eigenvalue weighted by Gasteiger charge is 2.20. The molecule has 5 nitrogen and oxygen atoms in total. The highest BCUT2D eigenvalue weighted by Crippen LogP contribution is 2.20. The summed E-state index contributed by atoms with van der Waals surface area (Å²) in [5.74, 6) is -0.337. The van der Waals surface area contributed by atoms with Gasteiger partial charge in [0, 0.05) is 23.2 Å². The summed E-state index contributed by atoms with van der Waals surface area (Å²) in [5.41, 5.74) is 0.854. The Balaban J connectivity index is 2.12. The first kappa shape index (κ1) is 15.3. The maximum atomic E-state index is 12.0. The van der Waals surface area contributed by atoms with E-state index in [4.69, 9.17) is 20.2 Å². The number of aryl methyl sites for hydroxylation is 1. The van der Waals surface area contributed by atoms with Crippen molar-refractivity contribution in [2.45, 2.75) is 18.2 Å². The topological polar surface area (TPSA) is 69.7 Å². The Hall–Kier alpha value is -1.11. The average Bonchev–Trinajstić information content (AvgIpc) is 2.88. The first-order valence-corrected chi connectivity index (χ1v) is 8.49. The van der Waals surface area contributed by atoms with E-state index in [-0.39, 0.29) is 23.0 Å². The van der Waals surface area contributed by atoms with Gasteiger partial charge in [0.05, 0.1) is 23.7 Å². The van der Waals surface area contributed by atoms with Gasteiger partial charge in [-0.05, 0) is 31.0 Å². The van der Waals surface area contributed by atoms with Crippen molar-refractivity contribution >= 4 is 25.7 Å². The summed E-state index contributed by atoms with van der Waals surface area (Å²) < 4.78 is 33.0. The molecule has 0 bridgehead atoms. The molecule has 0 radical (unpaired) electrons. The van der Waals surface area contributed by atoms with Gasteiger partial charge >= 0.3 is 5.97 Å². The summed E-state index contributed by atoms with van der Waals surface area (Å²) in [4.78, 5) is 11.9. The maximum Gasteiger partial charge on any atom is 0.338 e. The first-order valence-electron chi connectivity index (χ1n) is 6.18. The van der Waals surface area contributed by atoms with Crippen molar-refractivity contribution in [3.8, 4) is 0 Å². The third kappa shape index (κ3) is 3.71. The third-order valence-electron chi connectivity index (χ3n) is 3.18. The summed E-state index contributed by atoms with van der Waals surface area (Å²) >= 11 is 0. The lowest BCUT2D eigenvalue weighted by Crippen LogP contribution is -2.15. The Morgan fingerprint density at radius 2 is 2.25 bits per heavy atom. The van der Waals surface area contributed by atoms with Gasteiger partial charge in [0.15, 0.2) is 0 Å². The van der Waals surface area contributed by atoms with E-state index >= 15 is 0 Å². The number of hydrogen-bond acceptors (Lipinski definition) is 5. The van der Waals surface area contributed by atoms with Crippen LogP contribution < -0.4 is 0 Å². The second kappa shape index (κ2) is 6.11. The van der Waals surface area contributed by atoms with E-state index < -0.39 is 15.0 Å². The maximum absolute atomic E-state index is 12.0. The van der Waals surface area contributed by atoms with Crippen LogP contribution >= 0.6 is 10.7 Å². The lowest BCUT2D eigenvalue weighted by Gasteiger charge is -2.11. The van der Waals surface area contributed by atoms with Crippen LogP contribution in [-0.4, -0.2) is 34.2 Å². The number of halogens is 1. The standard InChI is InChI=1S/C13H15ClO5S/c1-9-2-3-11(20(14,16)17)6-12(9)13(15)19-8-10-4-5-18-7-10/h2-3,6,10H,4-5,7-8H2,1H3. The fourth-order valence-electron chi connectivity index (χ4n) is 1.96. The Bertz CT molecular complexity index is 605. The molecule has 7 heteroatoms.